The van der Waals surface area contributed by atoms with Crippen molar-refractivity contribution in [2.75, 3.05) is 13.1 Å². The van der Waals surface area contributed by atoms with Crippen molar-refractivity contribution in [3.63, 3.8) is 0 Å². The van der Waals surface area contributed by atoms with E-state index in [-0.39, 0.29) is 23.8 Å². The van der Waals surface area contributed by atoms with Crippen LogP contribution in [0.5, 0.6) is 0 Å². The summed E-state index contributed by atoms with van der Waals surface area (Å²) < 4.78 is 0. The molecule has 0 saturated carbocycles. The van der Waals surface area contributed by atoms with E-state index >= 15 is 0 Å². The maximum Gasteiger partial charge on any atom is 0.230 e. The summed E-state index contributed by atoms with van der Waals surface area (Å²) in [6.07, 6.45) is 5.13. The summed E-state index contributed by atoms with van der Waals surface area (Å²) in [4.78, 5) is 29.9. The number of hydrogen-bond donors (Lipinski definition) is 1. The Labute approximate surface area is 112 Å². The number of piperidine rings is 1. The average molecular weight is 259 g/mol. The van der Waals surface area contributed by atoms with Gasteiger partial charge in [-0.1, -0.05) is 0 Å². The lowest BCUT2D eigenvalue weighted by Crippen LogP contribution is -2.49. The van der Waals surface area contributed by atoms with Gasteiger partial charge in [0.25, 0.3) is 0 Å². The van der Waals surface area contributed by atoms with Crippen molar-refractivity contribution in [3.8, 4) is 0 Å². The number of nitrogens with zero attached hydrogens (tertiary/aromatic N) is 2. The van der Waals surface area contributed by atoms with Crippen LogP contribution >= 0.6 is 0 Å². The molecule has 2 fully saturated rings. The highest BCUT2D eigenvalue weighted by Crippen LogP contribution is 2.30. The third kappa shape index (κ3) is 2.38. The van der Waals surface area contributed by atoms with E-state index in [4.69, 9.17) is 0 Å². The molecule has 2 amide bonds. The summed E-state index contributed by atoms with van der Waals surface area (Å²) in [5, 5.41) is 3.20. The highest BCUT2D eigenvalue weighted by atomic mass is 16.2. The van der Waals surface area contributed by atoms with Gasteiger partial charge in [0.05, 0.1) is 6.04 Å². The predicted octanol–water partition coefficient (Wildman–Crippen LogP) is 0.676. The zero-order valence-electron chi connectivity index (χ0n) is 10.7. The van der Waals surface area contributed by atoms with Crippen LogP contribution in [0.3, 0.4) is 0 Å². The number of hydrogen-bond acceptors (Lipinski definition) is 4. The quantitative estimate of drug-likeness (QED) is 0.793. The fraction of sp³-hybridized carbons (Fsp3) is 0.500. The Kier molecular flexibility index (Phi) is 3.29. The van der Waals surface area contributed by atoms with Crippen LogP contribution in [0.25, 0.3) is 0 Å². The molecule has 0 bridgehead atoms. The molecule has 1 N–H and O–H groups in total. The summed E-state index contributed by atoms with van der Waals surface area (Å²) >= 11 is 0. The first kappa shape index (κ1) is 12.3. The van der Waals surface area contributed by atoms with E-state index in [1.807, 2.05) is 12.1 Å². The van der Waals surface area contributed by atoms with Gasteiger partial charge in [-0.2, -0.15) is 0 Å². The van der Waals surface area contributed by atoms with E-state index in [0.717, 1.165) is 25.1 Å². The predicted molar refractivity (Wildman–Crippen MR) is 69.3 cm³/mol. The van der Waals surface area contributed by atoms with E-state index < -0.39 is 0 Å². The molecule has 19 heavy (non-hydrogen) atoms. The third-order valence-electron chi connectivity index (χ3n) is 3.96. The van der Waals surface area contributed by atoms with Gasteiger partial charge in [0.1, 0.15) is 0 Å². The highest BCUT2D eigenvalue weighted by Gasteiger charge is 2.38. The van der Waals surface area contributed by atoms with Crippen LogP contribution in [0, 0.1) is 0 Å². The van der Waals surface area contributed by atoms with E-state index in [0.29, 0.717) is 12.8 Å². The minimum atomic E-state index is -0.0354. The largest absolute Gasteiger partial charge is 0.315 e. The molecule has 1 aromatic rings. The average Bonchev–Trinajstić information content (AvgIpc) is 2.93. The molecule has 0 radical (unpaired) electrons. The van der Waals surface area contributed by atoms with Gasteiger partial charge >= 0.3 is 0 Å². The van der Waals surface area contributed by atoms with Crippen LogP contribution in [0.4, 0.5) is 0 Å². The number of aromatic nitrogens is 1. The van der Waals surface area contributed by atoms with E-state index in [9.17, 15) is 9.59 Å². The number of nitrogens with one attached hydrogen (secondary N) is 1. The van der Waals surface area contributed by atoms with Gasteiger partial charge < -0.3 is 5.32 Å². The Bertz CT molecular complexity index is 465. The van der Waals surface area contributed by atoms with Crippen molar-refractivity contribution in [2.24, 2.45) is 0 Å². The Morgan fingerprint density at radius 3 is 2.42 bits per heavy atom. The molecule has 1 aromatic heterocycles. The minimum Gasteiger partial charge on any atom is -0.315 e. The number of carbonyl (C=O) groups excluding carboxylic acids is 2. The smallest absolute Gasteiger partial charge is 0.230 e. The molecule has 3 rings (SSSR count). The van der Waals surface area contributed by atoms with Gasteiger partial charge in [0.15, 0.2) is 0 Å². The molecular formula is C14H17N3O2. The fourth-order valence-electron chi connectivity index (χ4n) is 2.97. The molecule has 2 saturated heterocycles. The van der Waals surface area contributed by atoms with Gasteiger partial charge in [0, 0.05) is 37.7 Å². The molecule has 0 aliphatic carbocycles. The normalized spacial score (nSPS) is 25.1. The first-order valence-electron chi connectivity index (χ1n) is 6.71. The molecule has 5 nitrogen and oxygen atoms in total. The number of carbonyl (C=O) groups is 2. The topological polar surface area (TPSA) is 62.3 Å². The molecule has 2 aliphatic rings. The SMILES string of the molecule is O=C1CC(c2ccncc2)CC(=O)N1C1CCNC1. The molecule has 100 valence electrons. The number of pyridine rings is 1. The van der Waals surface area contributed by atoms with Crippen molar-refractivity contribution < 1.29 is 9.59 Å². The molecule has 0 spiro atoms. The van der Waals surface area contributed by atoms with Crippen LogP contribution in [-0.4, -0.2) is 40.8 Å². The third-order valence-corrected chi connectivity index (χ3v) is 3.96. The summed E-state index contributed by atoms with van der Waals surface area (Å²) in [6.45, 7) is 1.62. The maximum absolute atomic E-state index is 12.2. The zero-order valence-corrected chi connectivity index (χ0v) is 10.7. The van der Waals surface area contributed by atoms with Crippen molar-refractivity contribution >= 4 is 11.8 Å². The highest BCUT2D eigenvalue weighted by molar-refractivity contribution is 5.99. The second-order valence-corrected chi connectivity index (χ2v) is 5.19. The Morgan fingerprint density at radius 2 is 1.84 bits per heavy atom. The summed E-state index contributed by atoms with van der Waals surface area (Å²) in [7, 11) is 0. The molecule has 2 aliphatic heterocycles. The van der Waals surface area contributed by atoms with Crippen LogP contribution in [0.15, 0.2) is 24.5 Å². The lowest BCUT2D eigenvalue weighted by molar-refractivity contribution is -0.151. The van der Waals surface area contributed by atoms with Crippen LogP contribution in [0.1, 0.15) is 30.7 Å². The molecule has 1 atom stereocenters. The van der Waals surface area contributed by atoms with Crippen LogP contribution in [-0.2, 0) is 9.59 Å². The van der Waals surface area contributed by atoms with Crippen molar-refractivity contribution in [1.29, 1.82) is 0 Å². The number of rotatable bonds is 2. The van der Waals surface area contributed by atoms with Gasteiger partial charge in [0.2, 0.25) is 11.8 Å². The molecule has 3 heterocycles. The lowest BCUT2D eigenvalue weighted by atomic mass is 9.88. The maximum atomic E-state index is 12.2. The number of amides is 2. The van der Waals surface area contributed by atoms with E-state index in [1.165, 1.54) is 4.90 Å². The van der Waals surface area contributed by atoms with Gasteiger partial charge in [-0.15, -0.1) is 0 Å². The monoisotopic (exact) mass is 259 g/mol. The van der Waals surface area contributed by atoms with Gasteiger partial charge in [-0.05, 0) is 30.7 Å². The Morgan fingerprint density at radius 1 is 1.16 bits per heavy atom. The standard InChI is InChI=1S/C14H17N3O2/c18-13-7-11(10-1-4-15-5-2-10)8-14(19)17(13)12-3-6-16-9-12/h1-2,4-5,11-12,16H,3,6-9H2. The molecule has 5 heteroatoms. The van der Waals surface area contributed by atoms with Crippen molar-refractivity contribution in [2.45, 2.75) is 31.2 Å². The van der Waals surface area contributed by atoms with E-state index in [1.54, 1.807) is 12.4 Å². The molecule has 0 aromatic carbocycles. The lowest BCUT2D eigenvalue weighted by Gasteiger charge is -2.33. The van der Waals surface area contributed by atoms with E-state index in [2.05, 4.69) is 10.3 Å². The van der Waals surface area contributed by atoms with Crippen molar-refractivity contribution in [1.82, 2.24) is 15.2 Å². The first-order chi connectivity index (χ1) is 9.25. The second kappa shape index (κ2) is 5.09. The first-order valence-corrected chi connectivity index (χ1v) is 6.71. The fourth-order valence-corrected chi connectivity index (χ4v) is 2.97. The molecular weight excluding hydrogens is 242 g/mol. The van der Waals surface area contributed by atoms with Crippen LogP contribution < -0.4 is 5.32 Å². The van der Waals surface area contributed by atoms with Crippen LogP contribution in [0.2, 0.25) is 0 Å². The summed E-state index contributed by atoms with van der Waals surface area (Å²) in [6, 6.07) is 3.83. The number of likely N-dealkylation sites (tertiary alicyclic amines) is 1. The number of imide groups is 1. The second-order valence-electron chi connectivity index (χ2n) is 5.19. The zero-order chi connectivity index (χ0) is 13.2. The molecule has 1 unspecified atom stereocenters. The Hall–Kier alpha value is -1.75. The van der Waals surface area contributed by atoms with Crippen molar-refractivity contribution in [3.05, 3.63) is 30.1 Å². The minimum absolute atomic E-state index is 0.00797. The van der Waals surface area contributed by atoms with Gasteiger partial charge in [-0.25, -0.2) is 0 Å². The van der Waals surface area contributed by atoms with Gasteiger partial charge in [-0.3, -0.25) is 19.5 Å². The Balaban J connectivity index is 1.75. The summed E-state index contributed by atoms with van der Waals surface area (Å²) in [5.41, 5.74) is 1.03. The summed E-state index contributed by atoms with van der Waals surface area (Å²) in [5.74, 6) is -0.0628.